The summed E-state index contributed by atoms with van der Waals surface area (Å²) in [5.74, 6) is -1.13. The minimum absolute atomic E-state index is 0.0951. The molecule has 2 N–H and O–H groups in total. The summed E-state index contributed by atoms with van der Waals surface area (Å²) in [5.41, 5.74) is 1.44. The lowest BCUT2D eigenvalue weighted by molar-refractivity contribution is -0.131. The molecule has 110 valence electrons. The summed E-state index contributed by atoms with van der Waals surface area (Å²) in [4.78, 5) is 10.4. The monoisotopic (exact) mass is 299 g/mol. The van der Waals surface area contributed by atoms with Gasteiger partial charge in [0.25, 0.3) is 0 Å². The molecule has 0 aromatic heterocycles. The molecule has 6 nitrogen and oxygen atoms in total. The molecular weight excluding hydrogens is 282 g/mol. The van der Waals surface area contributed by atoms with E-state index in [0.717, 1.165) is 11.6 Å². The summed E-state index contributed by atoms with van der Waals surface area (Å²) in [6, 6.07) is 6.96. The Kier molecular flexibility index (Phi) is 6.37. The fourth-order valence-electron chi connectivity index (χ4n) is 1.43. The zero-order valence-electron chi connectivity index (χ0n) is 11.1. The maximum Gasteiger partial charge on any atom is 0.328 e. The van der Waals surface area contributed by atoms with Gasteiger partial charge in [0.1, 0.15) is 0 Å². The van der Waals surface area contributed by atoms with Crippen molar-refractivity contribution in [2.45, 2.75) is 6.54 Å². The first-order valence-corrected chi connectivity index (χ1v) is 7.54. The average Bonchev–Trinajstić information content (AvgIpc) is 2.41. The van der Waals surface area contributed by atoms with Crippen molar-refractivity contribution in [3.8, 4) is 0 Å². The summed E-state index contributed by atoms with van der Waals surface area (Å²) in [7, 11) is -1.93. The van der Waals surface area contributed by atoms with E-state index in [1.807, 2.05) is 0 Å². The number of sulfonamides is 1. The van der Waals surface area contributed by atoms with Gasteiger partial charge in [-0.05, 0) is 17.2 Å². The van der Waals surface area contributed by atoms with Crippen LogP contribution < -0.4 is 4.72 Å². The predicted octanol–water partition coefficient (Wildman–Crippen LogP) is 0.850. The maximum absolute atomic E-state index is 11.6. The summed E-state index contributed by atoms with van der Waals surface area (Å²) in [6.07, 6.45) is 2.48. The van der Waals surface area contributed by atoms with Crippen LogP contribution in [0.25, 0.3) is 6.08 Å². The molecule has 1 aromatic rings. The number of benzene rings is 1. The first-order valence-electron chi connectivity index (χ1n) is 5.89. The quantitative estimate of drug-likeness (QED) is 0.694. The Labute approximate surface area is 118 Å². The molecule has 0 aliphatic heterocycles. The van der Waals surface area contributed by atoms with Crippen LogP contribution in [0.4, 0.5) is 0 Å². The number of ether oxygens (including phenoxy) is 1. The van der Waals surface area contributed by atoms with Crippen molar-refractivity contribution >= 4 is 22.1 Å². The molecule has 7 heteroatoms. The molecule has 1 aromatic carbocycles. The summed E-state index contributed by atoms with van der Waals surface area (Å²) in [5, 5.41) is 8.55. The van der Waals surface area contributed by atoms with Gasteiger partial charge in [0.2, 0.25) is 10.0 Å². The Balaban J connectivity index is 2.65. The van der Waals surface area contributed by atoms with Crippen molar-refractivity contribution < 1.29 is 23.1 Å². The van der Waals surface area contributed by atoms with Gasteiger partial charge in [-0.25, -0.2) is 17.9 Å². The molecule has 0 aliphatic rings. The van der Waals surface area contributed by atoms with Gasteiger partial charge in [0, 0.05) is 19.7 Å². The van der Waals surface area contributed by atoms with Crippen molar-refractivity contribution in [2.75, 3.05) is 19.5 Å². The highest BCUT2D eigenvalue weighted by atomic mass is 32.2. The number of hydrogen-bond acceptors (Lipinski definition) is 4. The van der Waals surface area contributed by atoms with Crippen molar-refractivity contribution in [1.82, 2.24) is 4.72 Å². The number of hydrogen-bond donors (Lipinski definition) is 2. The van der Waals surface area contributed by atoms with Crippen LogP contribution in [0.3, 0.4) is 0 Å². The highest BCUT2D eigenvalue weighted by Crippen LogP contribution is 2.07. The summed E-state index contributed by atoms with van der Waals surface area (Å²) in [6.45, 7) is 0.289. The Morgan fingerprint density at radius 3 is 2.85 bits per heavy atom. The van der Waals surface area contributed by atoms with Gasteiger partial charge in [0.05, 0.1) is 12.4 Å². The number of nitrogens with one attached hydrogen (secondary N) is 1. The van der Waals surface area contributed by atoms with Crippen LogP contribution in [0.1, 0.15) is 11.1 Å². The van der Waals surface area contributed by atoms with E-state index in [1.165, 1.54) is 13.2 Å². The molecule has 0 heterocycles. The number of carbonyl (C=O) groups is 1. The van der Waals surface area contributed by atoms with E-state index in [1.54, 1.807) is 24.3 Å². The molecule has 0 amide bonds. The van der Waals surface area contributed by atoms with Crippen LogP contribution in [0, 0.1) is 0 Å². The van der Waals surface area contributed by atoms with Crippen molar-refractivity contribution in [3.05, 3.63) is 41.5 Å². The third kappa shape index (κ3) is 6.46. The van der Waals surface area contributed by atoms with Gasteiger partial charge in [-0.15, -0.1) is 0 Å². The van der Waals surface area contributed by atoms with Crippen LogP contribution in [0.2, 0.25) is 0 Å². The van der Waals surface area contributed by atoms with Crippen molar-refractivity contribution in [2.24, 2.45) is 0 Å². The lowest BCUT2D eigenvalue weighted by atomic mass is 10.1. The molecule has 0 spiro atoms. The van der Waals surface area contributed by atoms with Crippen LogP contribution in [0.5, 0.6) is 0 Å². The second-order valence-electron chi connectivity index (χ2n) is 4.05. The zero-order valence-corrected chi connectivity index (χ0v) is 11.9. The molecule has 1 rings (SSSR count). The number of carboxylic acid groups (broad SMARTS) is 1. The van der Waals surface area contributed by atoms with E-state index in [2.05, 4.69) is 4.72 Å². The standard InChI is InChI=1S/C13H17NO5S/c1-19-7-8-20(17,18)14-10-12-4-2-3-11(9-12)5-6-13(15)16/h2-6,9,14H,7-8,10H2,1H3,(H,15,16). The molecule has 0 bridgehead atoms. The molecule has 0 saturated carbocycles. The minimum Gasteiger partial charge on any atom is -0.478 e. The van der Waals surface area contributed by atoms with Gasteiger partial charge in [-0.1, -0.05) is 24.3 Å². The number of carboxylic acids is 1. The largest absolute Gasteiger partial charge is 0.478 e. The van der Waals surface area contributed by atoms with Crippen LogP contribution in [-0.4, -0.2) is 39.0 Å². The van der Waals surface area contributed by atoms with E-state index in [0.29, 0.717) is 5.56 Å². The van der Waals surface area contributed by atoms with Gasteiger partial charge >= 0.3 is 5.97 Å². The van der Waals surface area contributed by atoms with Crippen LogP contribution >= 0.6 is 0 Å². The Morgan fingerprint density at radius 2 is 2.20 bits per heavy atom. The fourth-order valence-corrected chi connectivity index (χ4v) is 2.35. The van der Waals surface area contributed by atoms with E-state index < -0.39 is 16.0 Å². The third-order valence-electron chi connectivity index (χ3n) is 2.42. The third-order valence-corrected chi connectivity index (χ3v) is 3.71. The van der Waals surface area contributed by atoms with Gasteiger partial charge in [-0.3, -0.25) is 0 Å². The van der Waals surface area contributed by atoms with E-state index in [9.17, 15) is 13.2 Å². The van der Waals surface area contributed by atoms with Gasteiger partial charge < -0.3 is 9.84 Å². The summed E-state index contributed by atoms with van der Waals surface area (Å²) < 4.78 is 30.3. The lowest BCUT2D eigenvalue weighted by Crippen LogP contribution is -2.27. The summed E-state index contributed by atoms with van der Waals surface area (Å²) >= 11 is 0. The van der Waals surface area contributed by atoms with Crippen molar-refractivity contribution in [3.63, 3.8) is 0 Å². The van der Waals surface area contributed by atoms with E-state index in [-0.39, 0.29) is 18.9 Å². The molecule has 0 atom stereocenters. The predicted molar refractivity (Wildman–Crippen MR) is 75.6 cm³/mol. The molecule has 20 heavy (non-hydrogen) atoms. The molecule has 0 unspecified atom stereocenters. The highest BCUT2D eigenvalue weighted by molar-refractivity contribution is 7.89. The van der Waals surface area contributed by atoms with Crippen LogP contribution in [0.15, 0.2) is 30.3 Å². The second-order valence-corrected chi connectivity index (χ2v) is 5.98. The number of methoxy groups -OCH3 is 1. The molecule has 0 radical (unpaired) electrons. The maximum atomic E-state index is 11.6. The molecule has 0 saturated heterocycles. The normalized spacial score (nSPS) is 11.8. The Hall–Kier alpha value is -1.70. The SMILES string of the molecule is COCCS(=O)(=O)NCc1cccc(C=CC(=O)O)c1. The Morgan fingerprint density at radius 1 is 1.45 bits per heavy atom. The molecule has 0 fully saturated rings. The lowest BCUT2D eigenvalue weighted by Gasteiger charge is -2.07. The fraction of sp³-hybridized carbons (Fsp3) is 0.308. The minimum atomic E-state index is -3.37. The zero-order chi connectivity index (χ0) is 15.0. The van der Waals surface area contributed by atoms with Crippen molar-refractivity contribution in [1.29, 1.82) is 0 Å². The topological polar surface area (TPSA) is 92.7 Å². The molecular formula is C13H17NO5S. The number of aliphatic carboxylic acids is 1. The van der Waals surface area contributed by atoms with E-state index in [4.69, 9.17) is 9.84 Å². The first-order chi connectivity index (χ1) is 9.43. The average molecular weight is 299 g/mol. The smallest absolute Gasteiger partial charge is 0.328 e. The Bertz CT molecular complexity index is 580. The molecule has 0 aliphatic carbocycles. The second kappa shape index (κ2) is 7.78. The first kappa shape index (κ1) is 16.4. The van der Waals surface area contributed by atoms with Gasteiger partial charge in [-0.2, -0.15) is 0 Å². The number of rotatable bonds is 8. The van der Waals surface area contributed by atoms with Gasteiger partial charge in [0.15, 0.2) is 0 Å². The highest BCUT2D eigenvalue weighted by Gasteiger charge is 2.09. The van der Waals surface area contributed by atoms with E-state index >= 15 is 0 Å². The van der Waals surface area contributed by atoms with Crippen LogP contribution in [-0.2, 0) is 26.1 Å².